The van der Waals surface area contributed by atoms with Crippen LogP contribution in [-0.4, -0.2) is 40.3 Å². The van der Waals surface area contributed by atoms with E-state index in [2.05, 4.69) is 36.4 Å². The Hall–Kier alpha value is -1.41. The average Bonchev–Trinajstić information content (AvgIpc) is 3.66. The van der Waals surface area contributed by atoms with E-state index in [9.17, 15) is 9.59 Å². The molecule has 1 saturated heterocycles. The summed E-state index contributed by atoms with van der Waals surface area (Å²) in [6.07, 6.45) is 4.83. The van der Waals surface area contributed by atoms with E-state index in [-0.39, 0.29) is 18.9 Å². The van der Waals surface area contributed by atoms with Gasteiger partial charge in [-0.1, -0.05) is 72.3 Å². The van der Waals surface area contributed by atoms with E-state index in [4.69, 9.17) is 14.9 Å². The first-order valence-electron chi connectivity index (χ1n) is 11.6. The van der Waals surface area contributed by atoms with Gasteiger partial charge in [-0.25, -0.2) is 9.59 Å². The molecule has 37 heavy (non-hydrogen) atoms. The fourth-order valence-corrected chi connectivity index (χ4v) is 5.08. The van der Waals surface area contributed by atoms with Crippen LogP contribution in [0.5, 0.6) is 0 Å². The molecule has 5 rings (SSSR count). The molecule has 2 aromatic carbocycles. The van der Waals surface area contributed by atoms with Crippen LogP contribution in [0.25, 0.3) is 20.2 Å². The fraction of sp³-hybridized carbons (Fsp3) is 0.321. The number of benzene rings is 2. The fourth-order valence-electron chi connectivity index (χ4n) is 3.09. The van der Waals surface area contributed by atoms with Crippen molar-refractivity contribution in [1.82, 2.24) is 0 Å². The average molecular weight is 649 g/mol. The van der Waals surface area contributed by atoms with Crippen molar-refractivity contribution in [3.63, 3.8) is 0 Å². The van der Waals surface area contributed by atoms with Crippen LogP contribution in [0.1, 0.15) is 58.2 Å². The second-order valence-electron chi connectivity index (χ2n) is 7.46. The minimum atomic E-state index is -0.854. The molecule has 1 fully saturated rings. The third kappa shape index (κ3) is 11.9. The number of hydrogen-bond donors (Lipinski definition) is 2. The van der Waals surface area contributed by atoms with E-state index in [1.165, 1.54) is 41.9 Å². The van der Waals surface area contributed by atoms with Crippen LogP contribution < -0.4 is 18.9 Å². The Morgan fingerprint density at radius 3 is 1.92 bits per heavy atom. The van der Waals surface area contributed by atoms with Gasteiger partial charge >= 0.3 is 30.8 Å². The SMILES string of the molecule is C1CCOC1.CI.Cc1sc2ccccc2c1C(=O)O.O=C(O)c1csc2ccccc12.[CH2-]CCC.[Li+]. The molecular formula is C28H34ILiO5S2. The molecule has 0 aliphatic carbocycles. The molecule has 1 aliphatic heterocycles. The zero-order valence-corrected chi connectivity index (χ0v) is 25.8. The van der Waals surface area contributed by atoms with Crippen molar-refractivity contribution in [2.24, 2.45) is 0 Å². The van der Waals surface area contributed by atoms with Crippen molar-refractivity contribution in [3.8, 4) is 0 Å². The van der Waals surface area contributed by atoms with Crippen molar-refractivity contribution in [2.45, 2.75) is 39.5 Å². The number of alkyl halides is 1. The molecule has 0 amide bonds. The van der Waals surface area contributed by atoms with E-state index in [0.717, 1.165) is 44.7 Å². The summed E-state index contributed by atoms with van der Waals surface area (Å²) >= 11 is 5.14. The van der Waals surface area contributed by atoms with Gasteiger partial charge in [0, 0.05) is 43.6 Å². The monoisotopic (exact) mass is 648 g/mol. The molecule has 0 unspecified atom stereocenters. The van der Waals surface area contributed by atoms with E-state index in [1.54, 1.807) is 5.38 Å². The Bertz CT molecular complexity index is 1190. The number of thiophene rings is 2. The molecule has 2 N–H and O–H groups in total. The molecule has 0 spiro atoms. The first kappa shape index (κ1) is 35.6. The number of ether oxygens (including phenoxy) is 1. The zero-order valence-electron chi connectivity index (χ0n) is 22.0. The summed E-state index contributed by atoms with van der Waals surface area (Å²) in [4.78, 5) is 24.4. The van der Waals surface area contributed by atoms with Crippen molar-refractivity contribution in [3.05, 3.63) is 76.8 Å². The number of aromatic carboxylic acids is 2. The Morgan fingerprint density at radius 1 is 0.946 bits per heavy atom. The summed E-state index contributed by atoms with van der Waals surface area (Å²) in [5, 5.41) is 21.1. The Kier molecular flexibility index (Phi) is 19.8. The maximum Gasteiger partial charge on any atom is 1.00 e. The number of carboxylic acids is 2. The van der Waals surface area contributed by atoms with Crippen LogP contribution in [0.4, 0.5) is 0 Å². The van der Waals surface area contributed by atoms with E-state index in [1.807, 2.05) is 60.4 Å². The van der Waals surface area contributed by atoms with Crippen molar-refractivity contribution in [2.75, 3.05) is 18.1 Å². The Labute approximate surface area is 253 Å². The van der Waals surface area contributed by atoms with Crippen molar-refractivity contribution in [1.29, 1.82) is 0 Å². The van der Waals surface area contributed by atoms with Crippen LogP contribution in [0, 0.1) is 13.8 Å². The number of hydrogen-bond acceptors (Lipinski definition) is 5. The van der Waals surface area contributed by atoms with Crippen LogP contribution in [0.15, 0.2) is 53.9 Å². The maximum absolute atomic E-state index is 10.9. The van der Waals surface area contributed by atoms with E-state index < -0.39 is 11.9 Å². The number of halogens is 1. The molecule has 5 nitrogen and oxygen atoms in total. The van der Waals surface area contributed by atoms with Gasteiger partial charge in [0.05, 0.1) is 11.1 Å². The second-order valence-corrected chi connectivity index (χ2v) is 9.63. The first-order valence-corrected chi connectivity index (χ1v) is 15.4. The summed E-state index contributed by atoms with van der Waals surface area (Å²) < 4.78 is 7.01. The van der Waals surface area contributed by atoms with E-state index >= 15 is 0 Å². The summed E-state index contributed by atoms with van der Waals surface area (Å²) in [6.45, 7) is 9.56. The number of carboxylic acid groups (broad SMARTS) is 2. The van der Waals surface area contributed by atoms with Gasteiger partial charge in [0.25, 0.3) is 0 Å². The van der Waals surface area contributed by atoms with Gasteiger partial charge in [-0.15, -0.1) is 22.7 Å². The van der Waals surface area contributed by atoms with Gasteiger partial charge in [0.15, 0.2) is 0 Å². The molecular weight excluding hydrogens is 614 g/mol. The first-order chi connectivity index (χ1) is 17.4. The molecule has 2 aromatic heterocycles. The van der Waals surface area contributed by atoms with Crippen LogP contribution >= 0.6 is 45.3 Å². The van der Waals surface area contributed by atoms with Gasteiger partial charge in [0.2, 0.25) is 0 Å². The predicted octanol–water partition coefficient (Wildman–Crippen LogP) is 5.98. The topological polar surface area (TPSA) is 83.8 Å². The zero-order chi connectivity index (χ0) is 26.9. The van der Waals surface area contributed by atoms with Crippen molar-refractivity contribution < 1.29 is 43.4 Å². The molecule has 0 radical (unpaired) electrons. The van der Waals surface area contributed by atoms with Gasteiger partial charge in [-0.05, 0) is 36.8 Å². The van der Waals surface area contributed by atoms with E-state index in [0.29, 0.717) is 11.1 Å². The quantitative estimate of drug-likeness (QED) is 0.124. The maximum atomic E-state index is 10.9. The third-order valence-corrected chi connectivity index (χ3v) is 6.93. The standard InChI is InChI=1S/C10H8O2S.C9H6O2S.C4H8O.C4H9.CH3I.Li/c1-6-9(10(11)12)7-4-2-3-5-8(7)13-6;10-9(11)7-5-12-8-4-2-1-3-6(7)8;1-2-4-5-3-1;1-3-4-2;1-2;/h2-5H,1H3,(H,11,12);1-5H,(H,10,11);1-4H2;1,3-4H2,2H3;1H3;/q;;;-1;;+1. The largest absolute Gasteiger partial charge is 1.00 e. The Morgan fingerprint density at radius 2 is 1.46 bits per heavy atom. The molecule has 0 atom stereocenters. The molecule has 0 bridgehead atoms. The number of unbranched alkanes of at least 4 members (excludes halogenated alkanes) is 1. The van der Waals surface area contributed by atoms with Gasteiger partial charge < -0.3 is 21.9 Å². The normalized spacial score (nSPS) is 11.3. The Balaban J connectivity index is 0.000000496. The second kappa shape index (κ2) is 20.5. The molecule has 196 valence electrons. The van der Waals surface area contributed by atoms with Crippen LogP contribution in [-0.2, 0) is 4.74 Å². The smallest absolute Gasteiger partial charge is 0.478 e. The summed E-state index contributed by atoms with van der Waals surface area (Å²) in [6, 6.07) is 15.1. The predicted molar refractivity (Wildman–Crippen MR) is 163 cm³/mol. The van der Waals surface area contributed by atoms with Gasteiger partial charge in [0.1, 0.15) is 0 Å². The van der Waals surface area contributed by atoms with Crippen molar-refractivity contribution >= 4 is 77.4 Å². The minimum absolute atomic E-state index is 0. The third-order valence-electron chi connectivity index (χ3n) is 4.88. The molecule has 0 saturated carbocycles. The summed E-state index contributed by atoms with van der Waals surface area (Å²) in [5.41, 5.74) is 0.844. The molecule has 4 aromatic rings. The van der Waals surface area contributed by atoms with Crippen LogP contribution in [0.3, 0.4) is 0 Å². The summed E-state index contributed by atoms with van der Waals surface area (Å²) in [7, 11) is 0. The summed E-state index contributed by atoms with van der Waals surface area (Å²) in [5.74, 6) is -1.69. The minimum Gasteiger partial charge on any atom is -0.478 e. The molecule has 3 heterocycles. The van der Waals surface area contributed by atoms with Gasteiger partial charge in [-0.3, -0.25) is 0 Å². The number of rotatable bonds is 3. The number of fused-ring (bicyclic) bond motifs is 2. The molecule has 9 heteroatoms. The molecule has 1 aliphatic rings. The van der Waals surface area contributed by atoms with Gasteiger partial charge in [-0.2, -0.15) is 6.42 Å². The number of aryl methyl sites for hydroxylation is 1. The van der Waals surface area contributed by atoms with Crippen LogP contribution in [0.2, 0.25) is 0 Å². The number of carbonyl (C=O) groups is 2.